The lowest BCUT2D eigenvalue weighted by atomic mass is 10.0. The van der Waals surface area contributed by atoms with Crippen LogP contribution < -0.4 is 14.8 Å². The van der Waals surface area contributed by atoms with Gasteiger partial charge in [-0.15, -0.1) is 0 Å². The fraction of sp³-hybridized carbons (Fsp3) is 0.125. The lowest BCUT2D eigenvalue weighted by Gasteiger charge is -2.26. The molecule has 28 heavy (non-hydrogen) atoms. The van der Waals surface area contributed by atoms with Crippen molar-refractivity contribution in [1.29, 1.82) is 0 Å². The van der Waals surface area contributed by atoms with Crippen molar-refractivity contribution in [2.75, 3.05) is 13.2 Å². The third-order valence-corrected chi connectivity index (χ3v) is 4.50. The van der Waals surface area contributed by atoms with Gasteiger partial charge in [-0.05, 0) is 29.3 Å². The highest BCUT2D eigenvalue weighted by atomic mass is 16.6. The predicted octanol–water partition coefficient (Wildman–Crippen LogP) is 4.18. The Kier molecular flexibility index (Phi) is 5.38. The minimum absolute atomic E-state index is 0.141. The number of carbonyl (C=O) groups is 1. The van der Waals surface area contributed by atoms with E-state index in [1.807, 2.05) is 91.0 Å². The van der Waals surface area contributed by atoms with E-state index >= 15 is 0 Å². The summed E-state index contributed by atoms with van der Waals surface area (Å²) in [6.45, 7) is 0.770. The van der Waals surface area contributed by atoms with E-state index in [1.165, 1.54) is 0 Å². The molecule has 0 saturated carbocycles. The van der Waals surface area contributed by atoms with Gasteiger partial charge in [-0.3, -0.25) is 4.79 Å². The Hall–Kier alpha value is -3.53. The molecular formula is C24H21NO3. The molecule has 0 fully saturated rings. The molecule has 0 radical (unpaired) electrons. The van der Waals surface area contributed by atoms with Crippen LogP contribution in [-0.4, -0.2) is 25.2 Å². The van der Waals surface area contributed by atoms with Crippen LogP contribution in [0.5, 0.6) is 11.5 Å². The quantitative estimate of drug-likeness (QED) is 0.541. The number of hydrogen-bond donors (Lipinski definition) is 1. The summed E-state index contributed by atoms with van der Waals surface area (Å²) >= 11 is 0. The topological polar surface area (TPSA) is 47.6 Å². The van der Waals surface area contributed by atoms with Crippen molar-refractivity contribution in [3.8, 4) is 11.5 Å². The molecule has 4 nitrogen and oxygen atoms in total. The summed E-state index contributed by atoms with van der Waals surface area (Å²) in [5.74, 6) is 1.30. The van der Waals surface area contributed by atoms with Crippen molar-refractivity contribution in [3.63, 3.8) is 0 Å². The van der Waals surface area contributed by atoms with E-state index in [0.29, 0.717) is 24.5 Å². The highest BCUT2D eigenvalue weighted by Crippen LogP contribution is 2.30. The maximum atomic E-state index is 13.0. The number of fused-ring (bicyclic) bond motifs is 1. The number of para-hydroxylation sites is 2. The lowest BCUT2D eigenvalue weighted by Crippen LogP contribution is -2.41. The van der Waals surface area contributed by atoms with Crippen molar-refractivity contribution in [2.24, 2.45) is 0 Å². The van der Waals surface area contributed by atoms with E-state index < -0.39 is 0 Å². The lowest BCUT2D eigenvalue weighted by molar-refractivity contribution is -0.116. The molecule has 1 heterocycles. The zero-order chi connectivity index (χ0) is 19.2. The van der Waals surface area contributed by atoms with Crippen LogP contribution in [0.15, 0.2) is 84.9 Å². The van der Waals surface area contributed by atoms with E-state index in [1.54, 1.807) is 0 Å². The number of nitrogens with one attached hydrogen (secondary N) is 1. The van der Waals surface area contributed by atoms with Crippen molar-refractivity contribution in [2.45, 2.75) is 6.10 Å². The van der Waals surface area contributed by atoms with Gasteiger partial charge in [0.2, 0.25) is 0 Å². The van der Waals surface area contributed by atoms with Crippen molar-refractivity contribution < 1.29 is 14.3 Å². The Bertz CT molecular complexity index is 967. The van der Waals surface area contributed by atoms with Gasteiger partial charge in [-0.25, -0.2) is 0 Å². The third-order valence-electron chi connectivity index (χ3n) is 4.50. The zero-order valence-corrected chi connectivity index (χ0v) is 15.4. The maximum absolute atomic E-state index is 13.0. The van der Waals surface area contributed by atoms with Gasteiger partial charge in [0, 0.05) is 5.57 Å². The molecule has 1 aliphatic rings. The Labute approximate surface area is 164 Å². The average molecular weight is 371 g/mol. The monoisotopic (exact) mass is 371 g/mol. The first-order valence-corrected chi connectivity index (χ1v) is 9.28. The fourth-order valence-electron chi connectivity index (χ4n) is 3.08. The number of carbonyl (C=O) groups excluding carboxylic acids is 1. The largest absolute Gasteiger partial charge is 0.486 e. The molecule has 0 saturated heterocycles. The standard InChI is InChI=1S/C24H21NO3/c26-24(25-16-20-17-27-22-13-7-8-14-23(22)28-20)21(19-11-5-2-6-12-19)15-18-9-3-1-4-10-18/h1-15,20H,16-17H2,(H,25,26)/b21-15+. The molecule has 0 aliphatic carbocycles. The first-order valence-electron chi connectivity index (χ1n) is 9.28. The summed E-state index contributed by atoms with van der Waals surface area (Å²) < 4.78 is 11.6. The van der Waals surface area contributed by atoms with Crippen molar-refractivity contribution in [1.82, 2.24) is 5.32 Å². The molecule has 4 rings (SSSR count). The second-order valence-electron chi connectivity index (χ2n) is 6.54. The summed E-state index contributed by atoms with van der Waals surface area (Å²) in [5.41, 5.74) is 2.46. The first-order chi connectivity index (χ1) is 13.8. The first kappa shape index (κ1) is 17.9. The van der Waals surface area contributed by atoms with Gasteiger partial charge >= 0.3 is 0 Å². The second-order valence-corrected chi connectivity index (χ2v) is 6.54. The van der Waals surface area contributed by atoms with Crippen LogP contribution >= 0.6 is 0 Å². The van der Waals surface area contributed by atoms with Crippen LogP contribution in [-0.2, 0) is 4.79 Å². The van der Waals surface area contributed by atoms with Crippen LogP contribution in [0.4, 0.5) is 0 Å². The van der Waals surface area contributed by atoms with E-state index in [9.17, 15) is 4.79 Å². The molecule has 1 atom stereocenters. The molecular weight excluding hydrogens is 350 g/mol. The molecule has 1 aliphatic heterocycles. The van der Waals surface area contributed by atoms with Gasteiger partial charge in [0.15, 0.2) is 11.5 Å². The Morgan fingerprint density at radius 1 is 0.893 bits per heavy atom. The molecule has 1 N–H and O–H groups in total. The molecule has 1 amide bonds. The molecule has 0 spiro atoms. The molecule has 140 valence electrons. The smallest absolute Gasteiger partial charge is 0.252 e. The van der Waals surface area contributed by atoms with Gasteiger partial charge in [-0.1, -0.05) is 72.8 Å². The van der Waals surface area contributed by atoms with E-state index in [0.717, 1.165) is 16.9 Å². The summed E-state index contributed by atoms with van der Waals surface area (Å²) in [6.07, 6.45) is 1.67. The minimum Gasteiger partial charge on any atom is -0.486 e. The normalized spacial score (nSPS) is 15.7. The number of hydrogen-bond acceptors (Lipinski definition) is 3. The number of amides is 1. The maximum Gasteiger partial charge on any atom is 0.252 e. The molecule has 3 aromatic carbocycles. The van der Waals surface area contributed by atoms with Gasteiger partial charge < -0.3 is 14.8 Å². The molecule has 4 heteroatoms. The molecule has 0 aromatic heterocycles. The van der Waals surface area contributed by atoms with E-state index in [4.69, 9.17) is 9.47 Å². The molecule has 0 bridgehead atoms. The Morgan fingerprint density at radius 2 is 1.54 bits per heavy atom. The fourth-order valence-corrected chi connectivity index (χ4v) is 3.08. The van der Waals surface area contributed by atoms with Crippen molar-refractivity contribution >= 4 is 17.6 Å². The minimum atomic E-state index is -0.229. The predicted molar refractivity (Wildman–Crippen MR) is 110 cm³/mol. The van der Waals surface area contributed by atoms with Crippen molar-refractivity contribution in [3.05, 3.63) is 96.1 Å². The SMILES string of the molecule is O=C(NCC1COc2ccccc2O1)/C(=C/c1ccccc1)c1ccccc1. The third kappa shape index (κ3) is 4.23. The van der Waals surface area contributed by atoms with Crippen LogP contribution in [0.3, 0.4) is 0 Å². The average Bonchev–Trinajstić information content (AvgIpc) is 2.77. The summed E-state index contributed by atoms with van der Waals surface area (Å²) in [6, 6.07) is 27.0. The second kappa shape index (κ2) is 8.44. The summed E-state index contributed by atoms with van der Waals surface area (Å²) in [4.78, 5) is 13.0. The Morgan fingerprint density at radius 3 is 2.29 bits per heavy atom. The van der Waals surface area contributed by atoms with Gasteiger partial charge in [0.1, 0.15) is 12.7 Å². The number of rotatable bonds is 5. The highest BCUT2D eigenvalue weighted by Gasteiger charge is 2.22. The van der Waals surface area contributed by atoms with Gasteiger partial charge in [0.05, 0.1) is 6.54 Å². The van der Waals surface area contributed by atoms with E-state index in [2.05, 4.69) is 5.32 Å². The van der Waals surface area contributed by atoms with Crippen LogP contribution in [0.1, 0.15) is 11.1 Å². The van der Waals surface area contributed by atoms with Crippen LogP contribution in [0.25, 0.3) is 11.6 Å². The van der Waals surface area contributed by atoms with E-state index in [-0.39, 0.29) is 12.0 Å². The van der Waals surface area contributed by atoms with Gasteiger partial charge in [-0.2, -0.15) is 0 Å². The molecule has 1 unspecified atom stereocenters. The number of ether oxygens (including phenoxy) is 2. The zero-order valence-electron chi connectivity index (χ0n) is 15.4. The van der Waals surface area contributed by atoms with Crippen LogP contribution in [0, 0.1) is 0 Å². The summed E-state index contributed by atoms with van der Waals surface area (Å²) in [5, 5.41) is 2.99. The highest BCUT2D eigenvalue weighted by molar-refractivity contribution is 6.24. The number of benzene rings is 3. The molecule has 3 aromatic rings. The Balaban J connectivity index is 1.48. The van der Waals surface area contributed by atoms with Gasteiger partial charge in [0.25, 0.3) is 5.91 Å². The van der Waals surface area contributed by atoms with Crippen LogP contribution in [0.2, 0.25) is 0 Å². The summed E-state index contributed by atoms with van der Waals surface area (Å²) in [7, 11) is 0.